The van der Waals surface area contributed by atoms with E-state index in [-0.39, 0.29) is 0 Å². The van der Waals surface area contributed by atoms with Crippen molar-refractivity contribution >= 4 is 34.9 Å². The van der Waals surface area contributed by atoms with Crippen LogP contribution in [0.2, 0.25) is 10.0 Å². The molecule has 2 aromatic heterocycles. The van der Waals surface area contributed by atoms with E-state index in [0.717, 1.165) is 12.8 Å². The second kappa shape index (κ2) is 10.6. The van der Waals surface area contributed by atoms with E-state index in [0.29, 0.717) is 45.0 Å². The Labute approximate surface area is 185 Å². The number of aromatic nitrogens is 2. The lowest BCUT2D eigenvalue weighted by Crippen LogP contribution is -2.02. The second-order valence-corrected chi connectivity index (χ2v) is 7.16. The summed E-state index contributed by atoms with van der Waals surface area (Å²) in [6.07, 6.45) is 7.80. The number of halogens is 2. The van der Waals surface area contributed by atoms with Crippen molar-refractivity contribution in [2.24, 2.45) is 0 Å². The third kappa shape index (κ3) is 5.50. The largest absolute Gasteiger partial charge is 0.491 e. The van der Waals surface area contributed by atoms with E-state index in [9.17, 15) is 5.26 Å². The fourth-order valence-corrected chi connectivity index (χ4v) is 3.28. The van der Waals surface area contributed by atoms with Crippen LogP contribution in [0.15, 0.2) is 55.0 Å². The number of ether oxygens (including phenoxy) is 2. The molecule has 7 heteroatoms. The van der Waals surface area contributed by atoms with Crippen molar-refractivity contribution in [3.63, 3.8) is 0 Å². The van der Waals surface area contributed by atoms with Gasteiger partial charge in [0.25, 0.3) is 0 Å². The van der Waals surface area contributed by atoms with Crippen LogP contribution in [-0.4, -0.2) is 23.7 Å². The van der Waals surface area contributed by atoms with Gasteiger partial charge in [-0.1, -0.05) is 53.5 Å². The van der Waals surface area contributed by atoms with Crippen molar-refractivity contribution in [3.8, 4) is 17.6 Å². The molecule has 2 heterocycles. The quantitative estimate of drug-likeness (QED) is 0.324. The van der Waals surface area contributed by atoms with Crippen LogP contribution in [-0.2, 0) is 6.42 Å². The molecule has 3 rings (SSSR count). The summed E-state index contributed by atoms with van der Waals surface area (Å²) in [6, 6.07) is 14.0. The number of hydrogen-bond acceptors (Lipinski definition) is 5. The Kier molecular flexibility index (Phi) is 7.67. The predicted octanol–water partition coefficient (Wildman–Crippen LogP) is 5.87. The summed E-state index contributed by atoms with van der Waals surface area (Å²) >= 11 is 12.3. The molecular weight excluding hydrogens is 421 g/mol. The lowest BCUT2D eigenvalue weighted by Gasteiger charge is -2.12. The fourth-order valence-electron chi connectivity index (χ4n) is 2.81. The maximum Gasteiger partial charge on any atom is 0.179 e. The zero-order chi connectivity index (χ0) is 21.3. The van der Waals surface area contributed by atoms with Gasteiger partial charge in [0.05, 0.1) is 41.2 Å². The number of aryl methyl sites for hydroxylation is 1. The van der Waals surface area contributed by atoms with E-state index in [4.69, 9.17) is 32.7 Å². The maximum atomic E-state index is 9.65. The monoisotopic (exact) mass is 439 g/mol. The molecule has 0 aliphatic heterocycles. The number of nitrogens with zero attached hydrogens (tertiary/aromatic N) is 3. The molecular formula is C23H19Cl2N3O2. The van der Waals surface area contributed by atoms with Gasteiger partial charge in [-0.25, -0.2) is 0 Å². The average Bonchev–Trinajstić information content (AvgIpc) is 2.77. The summed E-state index contributed by atoms with van der Waals surface area (Å²) in [5.74, 6) is 1.01. The minimum atomic E-state index is 0.293. The number of allylic oxidation sites excluding steroid dienone is 1. The SMILES string of the molecule is COc1cnc(/C(C#N)=C/c2c(Cl)cncc2Cl)cc1OCCCc1ccccc1. The van der Waals surface area contributed by atoms with E-state index in [1.54, 1.807) is 19.3 Å². The topological polar surface area (TPSA) is 68.0 Å². The highest BCUT2D eigenvalue weighted by Crippen LogP contribution is 2.31. The summed E-state index contributed by atoms with van der Waals surface area (Å²) in [6.45, 7) is 0.502. The predicted molar refractivity (Wildman–Crippen MR) is 119 cm³/mol. The Balaban J connectivity index is 1.79. The van der Waals surface area contributed by atoms with E-state index in [2.05, 4.69) is 28.2 Å². The molecule has 0 spiro atoms. The number of hydrogen-bond donors (Lipinski definition) is 0. The maximum absolute atomic E-state index is 9.65. The standard InChI is InChI=1S/C23H19Cl2N3O2/c1-29-23-15-28-21(17(12-26)10-18-19(24)13-27-14-20(18)25)11-22(23)30-9-5-8-16-6-3-2-4-7-16/h2-4,6-7,10-11,13-15H,5,8-9H2,1H3/b17-10+. The van der Waals surface area contributed by atoms with Crippen LogP contribution in [0.3, 0.4) is 0 Å². The van der Waals surface area contributed by atoms with Gasteiger partial charge < -0.3 is 9.47 Å². The zero-order valence-corrected chi connectivity index (χ0v) is 17.8. The molecule has 0 aliphatic rings. The summed E-state index contributed by atoms with van der Waals surface area (Å²) < 4.78 is 11.3. The Morgan fingerprint density at radius 2 is 1.83 bits per heavy atom. The normalized spacial score (nSPS) is 11.1. The summed E-state index contributed by atoms with van der Waals surface area (Å²) in [7, 11) is 1.55. The van der Waals surface area contributed by atoms with Crippen molar-refractivity contribution in [1.82, 2.24) is 9.97 Å². The third-order valence-corrected chi connectivity index (χ3v) is 4.94. The Bertz CT molecular complexity index is 1060. The van der Waals surface area contributed by atoms with Crippen molar-refractivity contribution in [3.05, 3.63) is 81.9 Å². The first-order chi connectivity index (χ1) is 14.6. The van der Waals surface area contributed by atoms with Crippen LogP contribution >= 0.6 is 23.2 Å². The molecule has 0 amide bonds. The molecule has 0 saturated carbocycles. The van der Waals surface area contributed by atoms with Crippen molar-refractivity contribution < 1.29 is 9.47 Å². The third-order valence-electron chi connectivity index (χ3n) is 4.34. The smallest absolute Gasteiger partial charge is 0.179 e. The molecule has 0 N–H and O–H groups in total. The van der Waals surface area contributed by atoms with Crippen LogP contribution < -0.4 is 9.47 Å². The Morgan fingerprint density at radius 1 is 1.10 bits per heavy atom. The van der Waals surface area contributed by atoms with Crippen LogP contribution in [0.4, 0.5) is 0 Å². The molecule has 0 bridgehead atoms. The molecule has 5 nitrogen and oxygen atoms in total. The molecule has 0 fully saturated rings. The van der Waals surface area contributed by atoms with Crippen LogP contribution in [0.25, 0.3) is 11.6 Å². The highest BCUT2D eigenvalue weighted by Gasteiger charge is 2.13. The van der Waals surface area contributed by atoms with Crippen molar-refractivity contribution in [1.29, 1.82) is 5.26 Å². The van der Waals surface area contributed by atoms with E-state index in [1.165, 1.54) is 24.2 Å². The summed E-state index contributed by atoms with van der Waals surface area (Å²) in [4.78, 5) is 8.24. The lowest BCUT2D eigenvalue weighted by molar-refractivity contribution is 0.288. The number of nitriles is 1. The van der Waals surface area contributed by atoms with Crippen molar-refractivity contribution in [2.45, 2.75) is 12.8 Å². The van der Waals surface area contributed by atoms with Crippen molar-refractivity contribution in [2.75, 3.05) is 13.7 Å². The van der Waals surface area contributed by atoms with Crippen LogP contribution in [0.1, 0.15) is 23.2 Å². The molecule has 0 atom stereocenters. The minimum Gasteiger partial charge on any atom is -0.491 e. The van der Waals surface area contributed by atoms with Gasteiger partial charge in [0, 0.05) is 24.0 Å². The van der Waals surface area contributed by atoms with Gasteiger partial charge in [-0.2, -0.15) is 5.26 Å². The van der Waals surface area contributed by atoms with Gasteiger partial charge in [-0.3, -0.25) is 9.97 Å². The molecule has 0 aliphatic carbocycles. The fraction of sp³-hybridized carbons (Fsp3) is 0.174. The molecule has 3 aromatic rings. The molecule has 30 heavy (non-hydrogen) atoms. The molecule has 0 radical (unpaired) electrons. The average molecular weight is 440 g/mol. The first kappa shape index (κ1) is 21.6. The number of benzene rings is 1. The molecule has 0 saturated heterocycles. The molecule has 1 aromatic carbocycles. The van der Waals surface area contributed by atoms with Gasteiger partial charge in [0.2, 0.25) is 0 Å². The molecule has 152 valence electrons. The van der Waals surface area contributed by atoms with Gasteiger partial charge in [0.15, 0.2) is 11.5 Å². The van der Waals surface area contributed by atoms with Crippen LogP contribution in [0.5, 0.6) is 11.5 Å². The number of pyridine rings is 2. The van der Waals surface area contributed by atoms with Gasteiger partial charge in [-0.15, -0.1) is 0 Å². The zero-order valence-electron chi connectivity index (χ0n) is 16.3. The number of methoxy groups -OCH3 is 1. The lowest BCUT2D eigenvalue weighted by atomic mass is 10.1. The first-order valence-corrected chi connectivity index (χ1v) is 10.00. The number of rotatable bonds is 8. The summed E-state index contributed by atoms with van der Waals surface area (Å²) in [5.41, 5.74) is 2.49. The Hall–Kier alpha value is -3.07. The minimum absolute atomic E-state index is 0.293. The molecule has 0 unspecified atom stereocenters. The van der Waals surface area contributed by atoms with E-state index >= 15 is 0 Å². The second-order valence-electron chi connectivity index (χ2n) is 6.34. The highest BCUT2D eigenvalue weighted by molar-refractivity contribution is 6.37. The first-order valence-electron chi connectivity index (χ1n) is 9.24. The Morgan fingerprint density at radius 3 is 2.50 bits per heavy atom. The highest BCUT2D eigenvalue weighted by atomic mass is 35.5. The van der Waals surface area contributed by atoms with E-state index < -0.39 is 0 Å². The van der Waals surface area contributed by atoms with Gasteiger partial charge in [-0.05, 0) is 24.5 Å². The van der Waals surface area contributed by atoms with Gasteiger partial charge >= 0.3 is 0 Å². The summed E-state index contributed by atoms with van der Waals surface area (Å²) in [5, 5.41) is 10.3. The van der Waals surface area contributed by atoms with E-state index in [1.807, 2.05) is 18.2 Å². The van der Waals surface area contributed by atoms with Crippen LogP contribution in [0, 0.1) is 11.3 Å². The van der Waals surface area contributed by atoms with Gasteiger partial charge in [0.1, 0.15) is 6.07 Å².